The van der Waals surface area contributed by atoms with E-state index in [4.69, 9.17) is 26.8 Å². The van der Waals surface area contributed by atoms with Crippen molar-refractivity contribution in [3.8, 4) is 11.5 Å². The third kappa shape index (κ3) is 6.71. The van der Waals surface area contributed by atoms with Crippen molar-refractivity contribution >= 4 is 46.3 Å². The van der Waals surface area contributed by atoms with Crippen LogP contribution in [0.25, 0.3) is 6.08 Å². The van der Waals surface area contributed by atoms with Crippen LogP contribution in [0.2, 0.25) is 0 Å². The Labute approximate surface area is 213 Å². The van der Waals surface area contributed by atoms with Gasteiger partial charge in [0.25, 0.3) is 5.91 Å². The fourth-order valence-electron chi connectivity index (χ4n) is 3.37. The van der Waals surface area contributed by atoms with Gasteiger partial charge in [0, 0.05) is 6.54 Å². The highest BCUT2D eigenvalue weighted by Crippen LogP contribution is 2.35. The number of ether oxygens (including phenoxy) is 2. The van der Waals surface area contributed by atoms with Crippen molar-refractivity contribution in [2.75, 3.05) is 6.54 Å². The highest BCUT2D eigenvalue weighted by atomic mass is 32.2. The van der Waals surface area contributed by atoms with Crippen LogP contribution >= 0.6 is 24.0 Å². The molecule has 0 radical (unpaired) electrons. The van der Waals surface area contributed by atoms with Crippen LogP contribution in [0.15, 0.2) is 83.8 Å². The van der Waals surface area contributed by atoms with Crippen LogP contribution in [-0.4, -0.2) is 32.7 Å². The molecule has 0 unspecified atom stereocenters. The molecule has 3 aromatic rings. The van der Waals surface area contributed by atoms with Crippen LogP contribution in [0.4, 0.5) is 0 Å². The first-order chi connectivity index (χ1) is 17.0. The van der Waals surface area contributed by atoms with Crippen molar-refractivity contribution in [3.05, 3.63) is 100 Å². The lowest BCUT2D eigenvalue weighted by Crippen LogP contribution is -2.30. The molecule has 1 aliphatic heterocycles. The van der Waals surface area contributed by atoms with Crippen molar-refractivity contribution in [1.29, 1.82) is 0 Å². The number of amides is 1. The number of hydrogen-bond donors (Lipinski definition) is 1. The summed E-state index contributed by atoms with van der Waals surface area (Å²) in [5.74, 6) is -0.123. The molecule has 0 aliphatic carbocycles. The molecule has 4 rings (SSSR count). The van der Waals surface area contributed by atoms with E-state index in [0.29, 0.717) is 33.9 Å². The smallest absolute Gasteiger partial charge is 0.305 e. The third-order valence-corrected chi connectivity index (χ3v) is 6.54. The van der Waals surface area contributed by atoms with Crippen LogP contribution < -0.4 is 9.47 Å². The van der Waals surface area contributed by atoms with E-state index in [1.54, 1.807) is 6.08 Å². The Hall–Kier alpha value is -3.62. The Bertz CT molecular complexity index is 1240. The number of thiocarbonyl (C=S) groups is 1. The van der Waals surface area contributed by atoms with Gasteiger partial charge in [0.2, 0.25) is 0 Å². The van der Waals surface area contributed by atoms with Crippen molar-refractivity contribution in [2.24, 2.45) is 0 Å². The summed E-state index contributed by atoms with van der Waals surface area (Å²) in [6, 6.07) is 25.2. The predicted molar refractivity (Wildman–Crippen MR) is 140 cm³/mol. The third-order valence-electron chi connectivity index (χ3n) is 5.16. The van der Waals surface area contributed by atoms with Crippen molar-refractivity contribution in [2.45, 2.75) is 19.6 Å². The van der Waals surface area contributed by atoms with E-state index in [-0.39, 0.29) is 18.9 Å². The van der Waals surface area contributed by atoms with Crippen LogP contribution in [0.3, 0.4) is 0 Å². The van der Waals surface area contributed by atoms with Gasteiger partial charge in [-0.2, -0.15) is 0 Å². The lowest BCUT2D eigenvalue weighted by molar-refractivity contribution is -0.137. The number of hydrogen-bond acceptors (Lipinski definition) is 6. The van der Waals surface area contributed by atoms with Gasteiger partial charge in [-0.05, 0) is 34.9 Å². The molecule has 0 saturated carbocycles. The molecule has 1 heterocycles. The average Bonchev–Trinajstić information content (AvgIpc) is 3.13. The molecule has 0 bridgehead atoms. The van der Waals surface area contributed by atoms with Crippen molar-refractivity contribution in [3.63, 3.8) is 0 Å². The molecule has 1 saturated heterocycles. The molecule has 178 valence electrons. The molecular weight excluding hydrogens is 482 g/mol. The zero-order valence-corrected chi connectivity index (χ0v) is 20.4. The van der Waals surface area contributed by atoms with E-state index in [1.165, 1.54) is 4.90 Å². The molecule has 35 heavy (non-hydrogen) atoms. The van der Waals surface area contributed by atoms with E-state index >= 15 is 0 Å². The first-order valence-electron chi connectivity index (χ1n) is 10.9. The molecule has 3 aromatic carbocycles. The maximum absolute atomic E-state index is 12.8. The van der Waals surface area contributed by atoms with Gasteiger partial charge in [-0.25, -0.2) is 0 Å². The number of rotatable bonds is 10. The molecule has 0 spiro atoms. The van der Waals surface area contributed by atoms with Gasteiger partial charge in [-0.15, -0.1) is 0 Å². The fraction of sp³-hybridized carbons (Fsp3) is 0.148. The monoisotopic (exact) mass is 505 g/mol. The minimum atomic E-state index is -0.977. The second-order valence-electron chi connectivity index (χ2n) is 7.73. The highest BCUT2D eigenvalue weighted by molar-refractivity contribution is 8.26. The van der Waals surface area contributed by atoms with E-state index in [0.717, 1.165) is 28.5 Å². The number of thioether (sulfide) groups is 1. The second kappa shape index (κ2) is 11.7. The van der Waals surface area contributed by atoms with Crippen LogP contribution in [-0.2, 0) is 22.8 Å². The topological polar surface area (TPSA) is 76.1 Å². The van der Waals surface area contributed by atoms with Gasteiger partial charge >= 0.3 is 5.97 Å². The molecule has 1 fully saturated rings. The zero-order chi connectivity index (χ0) is 24.6. The standard InChI is InChI=1S/C27H23NO5S2/c29-25(30)13-14-28-26(31)24(35-27(28)34)16-21-11-12-22(32-17-19-7-3-1-4-8-19)23(15-21)33-18-20-9-5-2-6-10-20/h1-12,15-16H,13-14,17-18H2,(H,29,30)/b24-16-. The highest BCUT2D eigenvalue weighted by Gasteiger charge is 2.32. The fourth-order valence-corrected chi connectivity index (χ4v) is 4.68. The van der Waals surface area contributed by atoms with E-state index in [1.807, 2.05) is 78.9 Å². The van der Waals surface area contributed by atoms with Crippen molar-refractivity contribution < 1.29 is 24.2 Å². The molecule has 1 amide bonds. The number of carboxylic acids is 1. The summed E-state index contributed by atoms with van der Waals surface area (Å²) in [5.41, 5.74) is 2.81. The minimum Gasteiger partial charge on any atom is -0.485 e. The molecule has 1 aliphatic rings. The molecule has 0 aromatic heterocycles. The predicted octanol–water partition coefficient (Wildman–Crippen LogP) is 5.52. The summed E-state index contributed by atoms with van der Waals surface area (Å²) in [4.78, 5) is 25.4. The minimum absolute atomic E-state index is 0.0506. The van der Waals surface area contributed by atoms with Crippen LogP contribution in [0.5, 0.6) is 11.5 Å². The van der Waals surface area contributed by atoms with Gasteiger partial charge in [0.1, 0.15) is 17.5 Å². The van der Waals surface area contributed by atoms with Gasteiger partial charge in [0.15, 0.2) is 11.5 Å². The molecule has 8 heteroatoms. The number of carbonyl (C=O) groups excluding carboxylic acids is 1. The lowest BCUT2D eigenvalue weighted by Gasteiger charge is -2.14. The van der Waals surface area contributed by atoms with E-state index in [9.17, 15) is 9.59 Å². The number of carbonyl (C=O) groups is 2. The van der Waals surface area contributed by atoms with Gasteiger partial charge in [-0.1, -0.05) is 90.7 Å². The van der Waals surface area contributed by atoms with Crippen LogP contribution in [0, 0.1) is 0 Å². The second-order valence-corrected chi connectivity index (χ2v) is 9.41. The Kier molecular flexibility index (Phi) is 8.18. The zero-order valence-electron chi connectivity index (χ0n) is 18.8. The molecule has 1 N–H and O–H groups in total. The molecule has 0 atom stereocenters. The molecular formula is C27H23NO5S2. The molecule has 6 nitrogen and oxygen atoms in total. The maximum atomic E-state index is 12.8. The first-order valence-corrected chi connectivity index (χ1v) is 12.2. The van der Waals surface area contributed by atoms with E-state index in [2.05, 4.69) is 0 Å². The van der Waals surface area contributed by atoms with Gasteiger partial charge in [-0.3, -0.25) is 14.5 Å². The normalized spacial score (nSPS) is 14.4. The quantitative estimate of drug-likeness (QED) is 0.287. The van der Waals surface area contributed by atoms with E-state index < -0.39 is 5.97 Å². The Balaban J connectivity index is 1.55. The van der Waals surface area contributed by atoms with Crippen LogP contribution in [0.1, 0.15) is 23.1 Å². The van der Waals surface area contributed by atoms with Gasteiger partial charge in [0.05, 0.1) is 11.3 Å². The number of benzene rings is 3. The summed E-state index contributed by atoms with van der Waals surface area (Å²) < 4.78 is 12.5. The summed E-state index contributed by atoms with van der Waals surface area (Å²) >= 11 is 6.44. The summed E-state index contributed by atoms with van der Waals surface area (Å²) in [6.07, 6.45) is 1.57. The van der Waals surface area contributed by atoms with Gasteiger partial charge < -0.3 is 14.6 Å². The summed E-state index contributed by atoms with van der Waals surface area (Å²) in [5, 5.41) is 8.92. The lowest BCUT2D eigenvalue weighted by atomic mass is 10.1. The summed E-state index contributed by atoms with van der Waals surface area (Å²) in [7, 11) is 0. The number of nitrogens with zero attached hydrogens (tertiary/aromatic N) is 1. The van der Waals surface area contributed by atoms with Crippen molar-refractivity contribution in [1.82, 2.24) is 4.90 Å². The summed E-state index contributed by atoms with van der Waals surface area (Å²) in [6.45, 7) is 0.808. The Morgan fingerprint density at radius 2 is 1.51 bits per heavy atom. The Morgan fingerprint density at radius 1 is 0.914 bits per heavy atom. The SMILES string of the molecule is O=C(O)CCN1C(=O)/C(=C/c2ccc(OCc3ccccc3)c(OCc3ccccc3)c2)SC1=S. The number of aliphatic carboxylic acids is 1. The number of carboxylic acid groups (broad SMARTS) is 1. The first kappa shape index (κ1) is 24.5. The largest absolute Gasteiger partial charge is 0.485 e. The maximum Gasteiger partial charge on any atom is 0.305 e. The Morgan fingerprint density at radius 3 is 2.11 bits per heavy atom. The average molecular weight is 506 g/mol.